The molecule has 0 spiro atoms. The van der Waals surface area contributed by atoms with Crippen LogP contribution >= 0.6 is 0 Å². The van der Waals surface area contributed by atoms with Gasteiger partial charge >= 0.3 is 5.97 Å². The zero-order chi connectivity index (χ0) is 19.9. The summed E-state index contributed by atoms with van der Waals surface area (Å²) in [6.45, 7) is 1.92. The van der Waals surface area contributed by atoms with Crippen LogP contribution in [-0.4, -0.2) is 31.2 Å². The lowest BCUT2D eigenvalue weighted by Gasteiger charge is -2.17. The van der Waals surface area contributed by atoms with Crippen molar-refractivity contribution in [2.45, 2.75) is 37.1 Å². The number of amides is 1. The fraction of sp³-hybridized carbons (Fsp3) is 0.300. The summed E-state index contributed by atoms with van der Waals surface area (Å²) in [7, 11) is -3.36. The van der Waals surface area contributed by atoms with E-state index in [1.807, 2.05) is 6.92 Å². The fourth-order valence-corrected chi connectivity index (χ4v) is 4.07. The van der Waals surface area contributed by atoms with Crippen molar-refractivity contribution in [1.82, 2.24) is 5.32 Å². The predicted octanol–water partition coefficient (Wildman–Crippen LogP) is 3.21. The highest BCUT2D eigenvalue weighted by Gasteiger charge is 2.20. The summed E-state index contributed by atoms with van der Waals surface area (Å²) in [5.41, 5.74) is 0.961. The molecule has 2 aromatic carbocycles. The standard InChI is InChI=1S/C20H23NO5S/c1-2-3-13-27(25,26)17-11-9-16(10-12-17)20(24)21-18(14-19(22)23)15-7-5-4-6-8-15/h4-12,18H,2-3,13-14H2,1H3,(H,21,24)(H,22,23). The van der Waals surface area contributed by atoms with Gasteiger partial charge in [-0.2, -0.15) is 0 Å². The quantitative estimate of drug-likeness (QED) is 0.686. The molecule has 0 aliphatic rings. The van der Waals surface area contributed by atoms with Gasteiger partial charge in [-0.25, -0.2) is 8.42 Å². The third-order valence-electron chi connectivity index (χ3n) is 4.13. The highest BCUT2D eigenvalue weighted by atomic mass is 32.2. The molecule has 144 valence electrons. The van der Waals surface area contributed by atoms with Crippen LogP contribution in [0.15, 0.2) is 59.5 Å². The highest BCUT2D eigenvalue weighted by Crippen LogP contribution is 2.19. The van der Waals surface area contributed by atoms with E-state index < -0.39 is 27.8 Å². The SMILES string of the molecule is CCCCS(=O)(=O)c1ccc(C(=O)NC(CC(=O)O)c2ccccc2)cc1. The van der Waals surface area contributed by atoms with Gasteiger partial charge in [-0.3, -0.25) is 9.59 Å². The van der Waals surface area contributed by atoms with Gasteiger partial charge in [0.2, 0.25) is 0 Å². The van der Waals surface area contributed by atoms with Crippen LogP contribution in [0.25, 0.3) is 0 Å². The predicted molar refractivity (Wildman–Crippen MR) is 102 cm³/mol. The fourth-order valence-electron chi connectivity index (χ4n) is 2.62. The van der Waals surface area contributed by atoms with Crippen molar-refractivity contribution in [3.05, 3.63) is 65.7 Å². The first-order valence-corrected chi connectivity index (χ1v) is 10.4. The minimum atomic E-state index is -3.36. The molecule has 1 unspecified atom stereocenters. The normalized spacial score (nSPS) is 12.3. The number of sulfone groups is 1. The van der Waals surface area contributed by atoms with Gasteiger partial charge in [0.1, 0.15) is 0 Å². The van der Waals surface area contributed by atoms with Crippen molar-refractivity contribution in [3.63, 3.8) is 0 Å². The lowest BCUT2D eigenvalue weighted by molar-refractivity contribution is -0.137. The van der Waals surface area contributed by atoms with Crippen molar-refractivity contribution >= 4 is 21.7 Å². The van der Waals surface area contributed by atoms with Crippen LogP contribution in [0.1, 0.15) is 48.1 Å². The first-order chi connectivity index (χ1) is 12.8. The average molecular weight is 389 g/mol. The molecule has 6 nitrogen and oxygen atoms in total. The minimum Gasteiger partial charge on any atom is -0.481 e. The third kappa shape index (κ3) is 5.92. The zero-order valence-corrected chi connectivity index (χ0v) is 15.9. The van der Waals surface area contributed by atoms with E-state index in [1.165, 1.54) is 24.3 Å². The van der Waals surface area contributed by atoms with Crippen LogP contribution in [0.4, 0.5) is 0 Å². The molecule has 0 fully saturated rings. The number of carbonyl (C=O) groups excluding carboxylic acids is 1. The maximum Gasteiger partial charge on any atom is 0.305 e. The van der Waals surface area contributed by atoms with Crippen LogP contribution in [0, 0.1) is 0 Å². The first kappa shape index (κ1) is 20.6. The molecule has 27 heavy (non-hydrogen) atoms. The number of hydrogen-bond acceptors (Lipinski definition) is 4. The summed E-state index contributed by atoms with van der Waals surface area (Å²) < 4.78 is 24.4. The smallest absolute Gasteiger partial charge is 0.305 e. The largest absolute Gasteiger partial charge is 0.481 e. The van der Waals surface area contributed by atoms with E-state index in [9.17, 15) is 18.0 Å². The molecule has 0 bridgehead atoms. The van der Waals surface area contributed by atoms with E-state index in [2.05, 4.69) is 5.32 Å². The maximum absolute atomic E-state index is 12.5. The Morgan fingerprint density at radius 3 is 2.22 bits per heavy atom. The Balaban J connectivity index is 2.15. The zero-order valence-electron chi connectivity index (χ0n) is 15.1. The van der Waals surface area contributed by atoms with Gasteiger partial charge in [-0.15, -0.1) is 0 Å². The van der Waals surface area contributed by atoms with Crippen LogP contribution in [-0.2, 0) is 14.6 Å². The van der Waals surface area contributed by atoms with Crippen LogP contribution in [0.3, 0.4) is 0 Å². The van der Waals surface area contributed by atoms with E-state index >= 15 is 0 Å². The Morgan fingerprint density at radius 1 is 1.04 bits per heavy atom. The molecule has 0 saturated heterocycles. The lowest BCUT2D eigenvalue weighted by atomic mass is 10.0. The minimum absolute atomic E-state index is 0.0732. The van der Waals surface area contributed by atoms with Gasteiger partial charge in [0.25, 0.3) is 5.91 Å². The Hall–Kier alpha value is -2.67. The molecule has 0 aliphatic heterocycles. The van der Waals surface area contributed by atoms with Gasteiger partial charge in [0.15, 0.2) is 9.84 Å². The molecule has 2 N–H and O–H groups in total. The van der Waals surface area contributed by atoms with Crippen LogP contribution in [0.2, 0.25) is 0 Å². The van der Waals surface area contributed by atoms with E-state index in [4.69, 9.17) is 5.11 Å². The Kier molecular flexibility index (Phi) is 7.12. The summed E-state index contributed by atoms with van der Waals surface area (Å²) in [6.07, 6.45) is 1.11. The number of nitrogens with one attached hydrogen (secondary N) is 1. The molecule has 1 amide bonds. The number of benzene rings is 2. The van der Waals surface area contributed by atoms with Gasteiger partial charge in [0.05, 0.1) is 23.1 Å². The molecule has 0 aliphatic carbocycles. The first-order valence-electron chi connectivity index (χ1n) is 8.74. The molecule has 0 aromatic heterocycles. The number of aliphatic carboxylic acids is 1. The molecule has 1 atom stereocenters. The summed E-state index contributed by atoms with van der Waals surface area (Å²) in [6, 6.07) is 13.9. The summed E-state index contributed by atoms with van der Waals surface area (Å²) in [5.74, 6) is -1.41. The van der Waals surface area contributed by atoms with Gasteiger partial charge in [0, 0.05) is 5.56 Å². The molecule has 0 heterocycles. The monoisotopic (exact) mass is 389 g/mol. The topological polar surface area (TPSA) is 101 Å². The summed E-state index contributed by atoms with van der Waals surface area (Å²) in [5, 5.41) is 11.8. The van der Waals surface area contributed by atoms with Crippen LogP contribution < -0.4 is 5.32 Å². The molecule has 0 radical (unpaired) electrons. The third-order valence-corrected chi connectivity index (χ3v) is 5.94. The molecule has 0 saturated carbocycles. The van der Waals surface area contributed by atoms with Crippen molar-refractivity contribution in [3.8, 4) is 0 Å². The summed E-state index contributed by atoms with van der Waals surface area (Å²) >= 11 is 0. The van der Waals surface area contributed by atoms with Gasteiger partial charge in [-0.1, -0.05) is 43.7 Å². The van der Waals surface area contributed by atoms with Gasteiger partial charge in [-0.05, 0) is 36.2 Å². The second kappa shape index (κ2) is 9.32. The number of rotatable bonds is 9. The molecule has 2 aromatic rings. The van der Waals surface area contributed by atoms with Crippen molar-refractivity contribution in [2.24, 2.45) is 0 Å². The van der Waals surface area contributed by atoms with Crippen molar-refractivity contribution < 1.29 is 23.1 Å². The highest BCUT2D eigenvalue weighted by molar-refractivity contribution is 7.91. The molecular formula is C20H23NO5S. The number of carbonyl (C=O) groups is 2. The molecular weight excluding hydrogens is 366 g/mol. The average Bonchev–Trinajstić information content (AvgIpc) is 2.66. The maximum atomic E-state index is 12.5. The van der Waals surface area contributed by atoms with E-state index in [0.717, 1.165) is 6.42 Å². The number of unbranched alkanes of at least 4 members (excludes halogenated alkanes) is 1. The van der Waals surface area contributed by atoms with Crippen molar-refractivity contribution in [1.29, 1.82) is 0 Å². The van der Waals surface area contributed by atoms with E-state index in [1.54, 1.807) is 30.3 Å². The second-order valence-electron chi connectivity index (χ2n) is 6.23. The molecule has 7 heteroatoms. The van der Waals surface area contributed by atoms with E-state index in [0.29, 0.717) is 12.0 Å². The lowest BCUT2D eigenvalue weighted by Crippen LogP contribution is -2.30. The summed E-state index contributed by atoms with van der Waals surface area (Å²) in [4.78, 5) is 23.8. The molecule has 2 rings (SSSR count). The van der Waals surface area contributed by atoms with E-state index in [-0.39, 0.29) is 22.6 Å². The van der Waals surface area contributed by atoms with Crippen LogP contribution in [0.5, 0.6) is 0 Å². The second-order valence-corrected chi connectivity index (χ2v) is 8.34. The van der Waals surface area contributed by atoms with Crippen molar-refractivity contribution in [2.75, 3.05) is 5.75 Å². The number of carboxylic acid groups (broad SMARTS) is 1. The number of hydrogen-bond donors (Lipinski definition) is 2. The Bertz CT molecular complexity index is 876. The Labute approximate surface area is 159 Å². The number of carboxylic acids is 1. The Morgan fingerprint density at radius 2 is 1.67 bits per heavy atom. The van der Waals surface area contributed by atoms with Gasteiger partial charge < -0.3 is 10.4 Å².